The first-order valence-electron chi connectivity index (χ1n) is 7.50. The molecule has 3 atom stereocenters. The molecule has 0 aliphatic carbocycles. The summed E-state index contributed by atoms with van der Waals surface area (Å²) >= 11 is 0. The third kappa shape index (κ3) is 3.47. The number of ether oxygens (including phenoxy) is 2. The molecule has 4 heteroatoms. The van der Waals surface area contributed by atoms with Gasteiger partial charge in [0, 0.05) is 6.61 Å². The minimum Gasteiger partial charge on any atom is -0.491 e. The van der Waals surface area contributed by atoms with E-state index in [4.69, 9.17) is 9.47 Å². The van der Waals surface area contributed by atoms with Crippen molar-refractivity contribution >= 4 is 0 Å². The number of aliphatic hydroxyl groups is 2. The Morgan fingerprint density at radius 1 is 0.955 bits per heavy atom. The zero-order valence-electron chi connectivity index (χ0n) is 12.3. The van der Waals surface area contributed by atoms with E-state index in [1.165, 1.54) is 0 Å². The Morgan fingerprint density at radius 3 is 2.36 bits per heavy atom. The molecule has 0 saturated carbocycles. The second kappa shape index (κ2) is 6.92. The molecule has 1 aliphatic heterocycles. The fraction of sp³-hybridized carbons (Fsp3) is 0.333. The molecule has 0 aromatic heterocycles. The van der Waals surface area contributed by atoms with Crippen molar-refractivity contribution in [3.63, 3.8) is 0 Å². The predicted octanol–water partition coefficient (Wildman–Crippen LogP) is 2.24. The van der Waals surface area contributed by atoms with Crippen LogP contribution in [-0.4, -0.2) is 41.7 Å². The molecule has 2 N–H and O–H groups in total. The van der Waals surface area contributed by atoms with E-state index in [9.17, 15) is 10.2 Å². The average molecular weight is 300 g/mol. The summed E-state index contributed by atoms with van der Waals surface area (Å²) in [4.78, 5) is 0. The van der Waals surface area contributed by atoms with E-state index in [1.54, 1.807) is 0 Å². The number of hydrogen-bond donors (Lipinski definition) is 2. The zero-order chi connectivity index (χ0) is 15.4. The predicted molar refractivity (Wildman–Crippen MR) is 83.7 cm³/mol. The minimum atomic E-state index is -0.891. The maximum absolute atomic E-state index is 9.85. The van der Waals surface area contributed by atoms with E-state index in [1.807, 2.05) is 42.5 Å². The smallest absolute Gasteiger partial charge is 0.120 e. The quantitative estimate of drug-likeness (QED) is 0.909. The van der Waals surface area contributed by atoms with Crippen LogP contribution in [-0.2, 0) is 4.74 Å². The minimum absolute atomic E-state index is 0.225. The molecule has 0 radical (unpaired) electrons. The third-order valence-electron chi connectivity index (χ3n) is 3.90. The van der Waals surface area contributed by atoms with E-state index >= 15 is 0 Å². The lowest BCUT2D eigenvalue weighted by Gasteiger charge is -2.31. The molecule has 3 rings (SSSR count). The summed E-state index contributed by atoms with van der Waals surface area (Å²) in [6.45, 7) is 0.669. The van der Waals surface area contributed by atoms with Crippen LogP contribution in [0.2, 0.25) is 0 Å². The molecule has 1 saturated heterocycles. The molecule has 2 aromatic carbocycles. The highest BCUT2D eigenvalue weighted by atomic mass is 16.5. The summed E-state index contributed by atoms with van der Waals surface area (Å²) in [6, 6.07) is 17.9. The highest BCUT2D eigenvalue weighted by molar-refractivity contribution is 5.63. The lowest BCUT2D eigenvalue weighted by atomic mass is 10.0. The van der Waals surface area contributed by atoms with Crippen LogP contribution in [0.3, 0.4) is 0 Å². The van der Waals surface area contributed by atoms with Gasteiger partial charge in [-0.1, -0.05) is 42.5 Å². The molecule has 0 bridgehead atoms. The van der Waals surface area contributed by atoms with Gasteiger partial charge in [-0.15, -0.1) is 0 Å². The number of rotatable bonds is 4. The molecule has 1 heterocycles. The van der Waals surface area contributed by atoms with Crippen molar-refractivity contribution in [1.29, 1.82) is 0 Å². The first-order chi connectivity index (χ1) is 10.7. The van der Waals surface area contributed by atoms with E-state index in [-0.39, 0.29) is 6.61 Å². The van der Waals surface area contributed by atoms with Gasteiger partial charge in [0.2, 0.25) is 0 Å². The van der Waals surface area contributed by atoms with E-state index < -0.39 is 18.3 Å². The highest BCUT2D eigenvalue weighted by Gasteiger charge is 2.31. The van der Waals surface area contributed by atoms with Crippen molar-refractivity contribution < 1.29 is 19.7 Å². The van der Waals surface area contributed by atoms with Crippen LogP contribution in [0, 0.1) is 0 Å². The second-order valence-electron chi connectivity index (χ2n) is 5.46. The summed E-state index contributed by atoms with van der Waals surface area (Å²) in [5, 5.41) is 19.5. The van der Waals surface area contributed by atoms with E-state index in [0.717, 1.165) is 16.9 Å². The zero-order valence-corrected chi connectivity index (χ0v) is 12.3. The monoisotopic (exact) mass is 300 g/mol. The van der Waals surface area contributed by atoms with Crippen molar-refractivity contribution in [2.75, 3.05) is 13.2 Å². The standard InChI is InChI=1S/C18H20O4/c19-16-10-11-21-17(18(16)20)12-22-15-8-6-14(7-9-15)13-4-2-1-3-5-13/h1-9,16-20H,10-12H2. The van der Waals surface area contributed by atoms with Crippen LogP contribution < -0.4 is 4.74 Å². The Kier molecular flexibility index (Phi) is 4.73. The van der Waals surface area contributed by atoms with Crippen molar-refractivity contribution in [1.82, 2.24) is 0 Å². The van der Waals surface area contributed by atoms with E-state index in [2.05, 4.69) is 12.1 Å². The normalized spacial score (nSPS) is 24.9. The van der Waals surface area contributed by atoms with Gasteiger partial charge in [-0.05, 0) is 29.7 Å². The average Bonchev–Trinajstić information content (AvgIpc) is 2.57. The highest BCUT2D eigenvalue weighted by Crippen LogP contribution is 2.23. The molecule has 2 aromatic rings. The van der Waals surface area contributed by atoms with Crippen LogP contribution in [0.1, 0.15) is 6.42 Å². The number of hydrogen-bond acceptors (Lipinski definition) is 4. The van der Waals surface area contributed by atoms with Gasteiger partial charge in [-0.25, -0.2) is 0 Å². The van der Waals surface area contributed by atoms with Crippen LogP contribution in [0.4, 0.5) is 0 Å². The lowest BCUT2D eigenvalue weighted by Crippen LogP contribution is -2.47. The van der Waals surface area contributed by atoms with Gasteiger partial charge in [0.25, 0.3) is 0 Å². The second-order valence-corrected chi connectivity index (χ2v) is 5.46. The molecule has 3 unspecified atom stereocenters. The van der Waals surface area contributed by atoms with Crippen LogP contribution in [0.15, 0.2) is 54.6 Å². The SMILES string of the molecule is OC1CCOC(COc2ccc(-c3ccccc3)cc2)C1O. The van der Waals surface area contributed by atoms with Gasteiger partial charge >= 0.3 is 0 Å². The first-order valence-corrected chi connectivity index (χ1v) is 7.50. The lowest BCUT2D eigenvalue weighted by molar-refractivity contribution is -0.144. The topological polar surface area (TPSA) is 58.9 Å². The summed E-state index contributed by atoms with van der Waals surface area (Å²) in [6.07, 6.45) is -1.65. The van der Waals surface area contributed by atoms with Crippen molar-refractivity contribution in [3.8, 4) is 16.9 Å². The molecule has 0 amide bonds. The summed E-state index contributed by atoms with van der Waals surface area (Å²) < 4.78 is 11.1. The largest absolute Gasteiger partial charge is 0.491 e. The van der Waals surface area contributed by atoms with Gasteiger partial charge < -0.3 is 19.7 Å². The molecule has 22 heavy (non-hydrogen) atoms. The summed E-state index contributed by atoms with van der Waals surface area (Å²) in [7, 11) is 0. The molecule has 1 aliphatic rings. The summed E-state index contributed by atoms with van der Waals surface area (Å²) in [5.41, 5.74) is 2.28. The Hall–Kier alpha value is -1.88. The van der Waals surface area contributed by atoms with Gasteiger partial charge in [0.05, 0.1) is 6.10 Å². The van der Waals surface area contributed by atoms with Crippen molar-refractivity contribution in [2.45, 2.75) is 24.7 Å². The maximum Gasteiger partial charge on any atom is 0.120 e. The Morgan fingerprint density at radius 2 is 1.64 bits per heavy atom. The van der Waals surface area contributed by atoms with E-state index in [0.29, 0.717) is 13.0 Å². The van der Waals surface area contributed by atoms with Crippen LogP contribution in [0.25, 0.3) is 11.1 Å². The maximum atomic E-state index is 9.85. The van der Waals surface area contributed by atoms with Gasteiger partial charge in [0.1, 0.15) is 24.6 Å². The van der Waals surface area contributed by atoms with Gasteiger partial charge in [0.15, 0.2) is 0 Å². The fourth-order valence-electron chi connectivity index (χ4n) is 2.56. The number of aliphatic hydroxyl groups excluding tert-OH is 2. The Bertz CT molecular complexity index is 582. The fourth-order valence-corrected chi connectivity index (χ4v) is 2.56. The Balaban J connectivity index is 1.60. The van der Waals surface area contributed by atoms with Crippen molar-refractivity contribution in [2.24, 2.45) is 0 Å². The molecule has 1 fully saturated rings. The van der Waals surface area contributed by atoms with Gasteiger partial charge in [-0.3, -0.25) is 0 Å². The van der Waals surface area contributed by atoms with Crippen LogP contribution in [0.5, 0.6) is 5.75 Å². The van der Waals surface area contributed by atoms with Crippen molar-refractivity contribution in [3.05, 3.63) is 54.6 Å². The van der Waals surface area contributed by atoms with Gasteiger partial charge in [-0.2, -0.15) is 0 Å². The molecular weight excluding hydrogens is 280 g/mol. The summed E-state index contributed by atoms with van der Waals surface area (Å²) in [5.74, 6) is 0.718. The molecule has 0 spiro atoms. The Labute approximate surface area is 129 Å². The number of benzene rings is 2. The molecular formula is C18H20O4. The molecule has 4 nitrogen and oxygen atoms in total. The van der Waals surface area contributed by atoms with Crippen LogP contribution >= 0.6 is 0 Å². The first kappa shape index (κ1) is 15.0. The third-order valence-corrected chi connectivity index (χ3v) is 3.90. The molecule has 116 valence electrons.